The smallest absolute Gasteiger partial charge is 0.238 e. The highest BCUT2D eigenvalue weighted by Crippen LogP contribution is 2.41. The van der Waals surface area contributed by atoms with Crippen molar-refractivity contribution in [1.82, 2.24) is 24.1 Å². The van der Waals surface area contributed by atoms with Gasteiger partial charge in [0.1, 0.15) is 22.3 Å². The number of nitrogens with zero attached hydrogens (tertiary/aromatic N) is 5. The van der Waals surface area contributed by atoms with E-state index < -0.39 is 0 Å². The van der Waals surface area contributed by atoms with E-state index >= 15 is 0 Å². The molecule has 0 N–H and O–H groups in total. The number of benzene rings is 9. The van der Waals surface area contributed by atoms with Crippen molar-refractivity contribution in [3.05, 3.63) is 200 Å². The van der Waals surface area contributed by atoms with E-state index in [1.54, 1.807) is 0 Å². The quantitative estimate of drug-likeness (QED) is 0.173. The molecule has 0 radical (unpaired) electrons. The predicted octanol–water partition coefficient (Wildman–Crippen LogP) is 14.9. The lowest BCUT2D eigenvalue weighted by molar-refractivity contribution is 0.668. The highest BCUT2D eigenvalue weighted by Gasteiger charge is 2.22. The number of rotatable bonds is 5. The molecule has 0 amide bonds. The topological polar surface area (TPSA) is 74.8 Å². The van der Waals surface area contributed by atoms with Crippen molar-refractivity contribution >= 4 is 87.5 Å². The molecular formula is C57H33N5O2. The zero-order valence-corrected chi connectivity index (χ0v) is 34.1. The second-order valence-corrected chi connectivity index (χ2v) is 16.4. The molecule has 9 aromatic carbocycles. The van der Waals surface area contributed by atoms with Crippen LogP contribution in [-0.4, -0.2) is 24.1 Å². The minimum atomic E-state index is 0.522. The van der Waals surface area contributed by atoms with E-state index in [1.807, 2.05) is 60.7 Å². The highest BCUT2D eigenvalue weighted by molar-refractivity contribution is 6.19. The molecule has 14 aromatic rings. The summed E-state index contributed by atoms with van der Waals surface area (Å²) >= 11 is 0. The fourth-order valence-corrected chi connectivity index (χ4v) is 9.83. The Morgan fingerprint density at radius 3 is 1.41 bits per heavy atom. The molecular weight excluding hydrogens is 787 g/mol. The average molecular weight is 820 g/mol. The second-order valence-electron chi connectivity index (χ2n) is 16.4. The fourth-order valence-electron chi connectivity index (χ4n) is 9.83. The van der Waals surface area contributed by atoms with Gasteiger partial charge < -0.3 is 13.4 Å². The lowest BCUT2D eigenvalue weighted by atomic mass is 10.1. The molecule has 0 aliphatic carbocycles. The van der Waals surface area contributed by atoms with Crippen molar-refractivity contribution in [2.45, 2.75) is 0 Å². The molecule has 7 heteroatoms. The molecule has 0 atom stereocenters. The summed E-state index contributed by atoms with van der Waals surface area (Å²) < 4.78 is 17.1. The van der Waals surface area contributed by atoms with E-state index in [-0.39, 0.29) is 0 Å². The van der Waals surface area contributed by atoms with E-state index in [0.29, 0.717) is 17.6 Å². The van der Waals surface area contributed by atoms with Gasteiger partial charge in [-0.2, -0.15) is 9.97 Å². The van der Waals surface area contributed by atoms with Gasteiger partial charge in [-0.3, -0.25) is 4.57 Å². The normalized spacial score (nSPS) is 12.1. The fraction of sp³-hybridized carbons (Fsp3) is 0. The first-order valence-corrected chi connectivity index (χ1v) is 21.4. The Hall–Kier alpha value is -8.81. The maximum atomic E-state index is 6.24. The third-order valence-electron chi connectivity index (χ3n) is 12.8. The van der Waals surface area contributed by atoms with Gasteiger partial charge in [-0.25, -0.2) is 4.98 Å². The van der Waals surface area contributed by atoms with Gasteiger partial charge in [0.2, 0.25) is 5.95 Å². The number of para-hydroxylation sites is 4. The number of hydrogen-bond acceptors (Lipinski definition) is 5. The van der Waals surface area contributed by atoms with Crippen LogP contribution in [0.5, 0.6) is 0 Å². The Morgan fingerprint density at radius 2 is 0.781 bits per heavy atom. The van der Waals surface area contributed by atoms with Gasteiger partial charge in [0, 0.05) is 59.9 Å². The van der Waals surface area contributed by atoms with Gasteiger partial charge >= 0.3 is 0 Å². The van der Waals surface area contributed by atoms with Crippen molar-refractivity contribution in [2.75, 3.05) is 0 Å². The van der Waals surface area contributed by atoms with Crippen molar-refractivity contribution < 1.29 is 8.83 Å². The van der Waals surface area contributed by atoms with Gasteiger partial charge in [0.05, 0.1) is 22.1 Å². The van der Waals surface area contributed by atoms with Crippen molar-refractivity contribution in [3.8, 4) is 45.5 Å². The molecule has 298 valence electrons. The van der Waals surface area contributed by atoms with Gasteiger partial charge in [-0.05, 0) is 96.1 Å². The third kappa shape index (κ3) is 5.18. The molecule has 0 fully saturated rings. The van der Waals surface area contributed by atoms with Gasteiger partial charge in [0.25, 0.3) is 0 Å². The van der Waals surface area contributed by atoms with E-state index in [0.717, 1.165) is 99.1 Å². The van der Waals surface area contributed by atoms with Crippen LogP contribution in [0.15, 0.2) is 209 Å². The summed E-state index contributed by atoms with van der Waals surface area (Å²) in [5.74, 6) is 1.64. The first-order valence-electron chi connectivity index (χ1n) is 21.4. The molecule has 14 rings (SSSR count). The highest BCUT2D eigenvalue weighted by atomic mass is 16.3. The van der Waals surface area contributed by atoms with Gasteiger partial charge in [-0.15, -0.1) is 0 Å². The van der Waals surface area contributed by atoms with Gasteiger partial charge in [0.15, 0.2) is 11.6 Å². The number of fused-ring (bicyclic) bond motifs is 12. The maximum Gasteiger partial charge on any atom is 0.238 e. The number of aromatic nitrogens is 5. The monoisotopic (exact) mass is 819 g/mol. The van der Waals surface area contributed by atoms with E-state index in [1.165, 1.54) is 16.3 Å². The second kappa shape index (κ2) is 13.3. The summed E-state index contributed by atoms with van der Waals surface area (Å²) in [5.41, 5.74) is 12.7. The van der Waals surface area contributed by atoms with Crippen LogP contribution in [0.3, 0.4) is 0 Å². The Balaban J connectivity index is 1.05. The summed E-state index contributed by atoms with van der Waals surface area (Å²) in [4.78, 5) is 16.0. The summed E-state index contributed by atoms with van der Waals surface area (Å²) in [7, 11) is 0. The summed E-state index contributed by atoms with van der Waals surface area (Å²) in [6, 6.07) is 69.9. The van der Waals surface area contributed by atoms with Crippen molar-refractivity contribution in [2.24, 2.45) is 0 Å². The van der Waals surface area contributed by atoms with Crippen LogP contribution in [0.2, 0.25) is 0 Å². The maximum absolute atomic E-state index is 6.24. The molecule has 0 bridgehead atoms. The number of furan rings is 2. The Morgan fingerprint density at radius 1 is 0.281 bits per heavy atom. The van der Waals surface area contributed by atoms with Crippen LogP contribution < -0.4 is 0 Å². The largest absolute Gasteiger partial charge is 0.456 e. The molecule has 0 aliphatic heterocycles. The first kappa shape index (κ1) is 34.9. The first-order chi connectivity index (χ1) is 31.7. The standard InChI is InChI=1S/C57H33N5O2/c1-2-13-34(14-3-1)35-15-12-16-38(29-35)61-47-21-8-4-17-39(47)43-32-44-40-18-5-9-22-48(40)62(50(44)33-49(43)61)57-59-55(36-25-27-53-45(30-36)41-19-6-10-23-51(41)63-53)58-56(60-57)37-26-28-54-46(31-37)42-20-7-11-24-52(42)64-54/h1-33H. The lowest BCUT2D eigenvalue weighted by Crippen LogP contribution is -2.06. The molecule has 0 saturated carbocycles. The van der Waals surface area contributed by atoms with Crippen LogP contribution in [0, 0.1) is 0 Å². The summed E-state index contributed by atoms with van der Waals surface area (Å²) in [5, 5.41) is 8.69. The Labute approximate surface area is 364 Å². The molecule has 5 heterocycles. The molecule has 7 nitrogen and oxygen atoms in total. The van der Waals surface area contributed by atoms with Crippen LogP contribution >= 0.6 is 0 Å². The summed E-state index contributed by atoms with van der Waals surface area (Å²) in [6.07, 6.45) is 0. The van der Waals surface area contributed by atoms with Crippen LogP contribution in [0.25, 0.3) is 133 Å². The lowest BCUT2D eigenvalue weighted by Gasteiger charge is -2.12. The molecule has 0 spiro atoms. The minimum absolute atomic E-state index is 0.522. The van der Waals surface area contributed by atoms with Crippen LogP contribution in [-0.2, 0) is 0 Å². The molecule has 64 heavy (non-hydrogen) atoms. The number of hydrogen-bond donors (Lipinski definition) is 0. The minimum Gasteiger partial charge on any atom is -0.456 e. The van der Waals surface area contributed by atoms with Crippen LogP contribution in [0.4, 0.5) is 0 Å². The average Bonchev–Trinajstić information content (AvgIpc) is 4.10. The summed E-state index contributed by atoms with van der Waals surface area (Å²) in [6.45, 7) is 0. The van der Waals surface area contributed by atoms with Gasteiger partial charge in [-0.1, -0.05) is 115 Å². The predicted molar refractivity (Wildman–Crippen MR) is 259 cm³/mol. The van der Waals surface area contributed by atoms with Crippen molar-refractivity contribution in [3.63, 3.8) is 0 Å². The van der Waals surface area contributed by atoms with E-state index in [4.69, 9.17) is 23.8 Å². The molecule has 0 saturated heterocycles. The van der Waals surface area contributed by atoms with Crippen LogP contribution in [0.1, 0.15) is 0 Å². The molecule has 0 unspecified atom stereocenters. The van der Waals surface area contributed by atoms with Crippen molar-refractivity contribution in [1.29, 1.82) is 0 Å². The zero-order valence-electron chi connectivity index (χ0n) is 34.1. The Kier molecular flexibility index (Phi) is 7.27. The molecule has 0 aliphatic rings. The van der Waals surface area contributed by atoms with E-state index in [9.17, 15) is 0 Å². The van der Waals surface area contributed by atoms with E-state index in [2.05, 4.69) is 149 Å². The third-order valence-corrected chi connectivity index (χ3v) is 12.8. The Bertz CT molecular complexity index is 4080. The SMILES string of the molecule is c1ccc(-c2cccc(-n3c4ccccc4c4cc5c6ccccc6n(-c6nc(-c7ccc8oc9ccccc9c8c7)nc(-c7ccc8oc9ccccc9c8c7)n6)c5cc43)c2)cc1. The zero-order chi connectivity index (χ0) is 41.9. The molecule has 5 aromatic heterocycles.